The molecule has 0 aliphatic rings. The average Bonchev–Trinajstić information content (AvgIpc) is 2.37. The van der Waals surface area contributed by atoms with Crippen molar-refractivity contribution in [3.05, 3.63) is 35.4 Å². The Balaban J connectivity index is 2.62. The summed E-state index contributed by atoms with van der Waals surface area (Å²) in [5.74, 6) is -0.797. The summed E-state index contributed by atoms with van der Waals surface area (Å²) in [6, 6.07) is 6.66. The van der Waals surface area contributed by atoms with Gasteiger partial charge in [-0.05, 0) is 24.8 Å². The maximum absolute atomic E-state index is 12.1. The van der Waals surface area contributed by atoms with E-state index in [0.29, 0.717) is 13.0 Å². The summed E-state index contributed by atoms with van der Waals surface area (Å²) in [6.07, 6.45) is 0.416. The highest BCUT2D eigenvalue weighted by atomic mass is 16.4. The number of hydrogen-bond donors (Lipinski definition) is 2. The van der Waals surface area contributed by atoms with Crippen molar-refractivity contribution in [1.82, 2.24) is 10.2 Å². The number of carbonyl (C=O) groups excluding carboxylic acids is 1. The second-order valence-corrected chi connectivity index (χ2v) is 5.81. The molecule has 0 radical (unpaired) electrons. The number of carbonyl (C=O) groups is 2. The fourth-order valence-corrected chi connectivity index (χ4v) is 2.11. The summed E-state index contributed by atoms with van der Waals surface area (Å²) in [6.45, 7) is 6.30. The normalized spacial score (nSPS) is 12.0. The van der Waals surface area contributed by atoms with Crippen LogP contribution in [0.1, 0.15) is 31.4 Å². The molecule has 2 amide bonds. The van der Waals surface area contributed by atoms with Gasteiger partial charge in [-0.2, -0.15) is 0 Å². The summed E-state index contributed by atoms with van der Waals surface area (Å²) >= 11 is 0. The zero-order valence-corrected chi connectivity index (χ0v) is 13.1. The molecule has 1 aromatic rings. The fraction of sp³-hybridized carbons (Fsp3) is 0.500. The third kappa shape index (κ3) is 5.85. The van der Waals surface area contributed by atoms with Gasteiger partial charge in [-0.3, -0.25) is 0 Å². The lowest BCUT2D eigenvalue weighted by Gasteiger charge is -2.22. The molecule has 5 nitrogen and oxygen atoms in total. The standard InChI is InChI=1S/C16H24N2O3/c1-11(2)8-14(15(19)20)17-16(21)18(4)10-13-7-5-6-12(3)9-13/h5-7,9,11,14H,8,10H2,1-4H3,(H,17,21)(H,19,20)/t14-/m1/s1. The Kier molecular flexibility index (Phi) is 6.21. The number of nitrogens with one attached hydrogen (secondary N) is 1. The number of hydrogen-bond acceptors (Lipinski definition) is 2. The van der Waals surface area contributed by atoms with Crippen LogP contribution in [0.2, 0.25) is 0 Å². The SMILES string of the molecule is Cc1cccc(CN(C)C(=O)N[C@H](CC(C)C)C(=O)O)c1. The molecule has 0 aliphatic carbocycles. The van der Waals surface area contributed by atoms with Gasteiger partial charge in [-0.25, -0.2) is 9.59 Å². The van der Waals surface area contributed by atoms with Crippen molar-refractivity contribution in [1.29, 1.82) is 0 Å². The van der Waals surface area contributed by atoms with E-state index in [4.69, 9.17) is 5.11 Å². The molecule has 0 spiro atoms. The van der Waals surface area contributed by atoms with Crippen molar-refractivity contribution in [2.75, 3.05) is 7.05 Å². The average molecular weight is 292 g/mol. The Morgan fingerprint density at radius 3 is 2.52 bits per heavy atom. The number of aryl methyl sites for hydroxylation is 1. The van der Waals surface area contributed by atoms with E-state index in [1.807, 2.05) is 45.0 Å². The van der Waals surface area contributed by atoms with Crippen molar-refractivity contribution in [2.24, 2.45) is 5.92 Å². The predicted molar refractivity (Wildman–Crippen MR) is 82.1 cm³/mol. The maximum Gasteiger partial charge on any atom is 0.326 e. The lowest BCUT2D eigenvalue weighted by molar-refractivity contribution is -0.139. The maximum atomic E-state index is 12.1. The zero-order valence-electron chi connectivity index (χ0n) is 13.1. The Labute approximate surface area is 126 Å². The third-order valence-corrected chi connectivity index (χ3v) is 3.15. The van der Waals surface area contributed by atoms with Gasteiger partial charge in [-0.15, -0.1) is 0 Å². The Morgan fingerprint density at radius 2 is 2.00 bits per heavy atom. The molecular formula is C16H24N2O3. The van der Waals surface area contributed by atoms with E-state index < -0.39 is 12.0 Å². The lowest BCUT2D eigenvalue weighted by Crippen LogP contribution is -2.46. The number of carboxylic acids is 1. The van der Waals surface area contributed by atoms with Gasteiger partial charge >= 0.3 is 12.0 Å². The van der Waals surface area contributed by atoms with Crippen molar-refractivity contribution < 1.29 is 14.7 Å². The molecule has 0 heterocycles. The second kappa shape index (κ2) is 7.67. The quantitative estimate of drug-likeness (QED) is 0.847. The molecule has 0 aliphatic heterocycles. The summed E-state index contributed by atoms with van der Waals surface area (Å²) in [5, 5.41) is 11.7. The van der Waals surface area contributed by atoms with Gasteiger partial charge in [0.25, 0.3) is 0 Å². The number of urea groups is 1. The van der Waals surface area contributed by atoms with E-state index in [9.17, 15) is 9.59 Å². The van der Waals surface area contributed by atoms with E-state index in [1.165, 1.54) is 4.90 Å². The fourth-order valence-electron chi connectivity index (χ4n) is 2.11. The highest BCUT2D eigenvalue weighted by Crippen LogP contribution is 2.08. The van der Waals surface area contributed by atoms with Gasteiger partial charge in [0.2, 0.25) is 0 Å². The molecule has 2 N–H and O–H groups in total. The van der Waals surface area contributed by atoms with Crippen LogP contribution < -0.4 is 5.32 Å². The van der Waals surface area contributed by atoms with Gasteiger partial charge in [-0.1, -0.05) is 43.7 Å². The van der Waals surface area contributed by atoms with Crippen LogP contribution in [-0.2, 0) is 11.3 Å². The van der Waals surface area contributed by atoms with E-state index >= 15 is 0 Å². The zero-order chi connectivity index (χ0) is 16.0. The molecular weight excluding hydrogens is 268 g/mol. The van der Waals surface area contributed by atoms with Crippen LogP contribution in [-0.4, -0.2) is 35.1 Å². The molecule has 0 aromatic heterocycles. The number of amides is 2. The minimum atomic E-state index is -0.999. The molecule has 0 fully saturated rings. The van der Waals surface area contributed by atoms with Gasteiger partial charge in [0.05, 0.1) is 0 Å². The Bertz CT molecular complexity index is 500. The summed E-state index contributed by atoms with van der Waals surface area (Å²) < 4.78 is 0. The summed E-state index contributed by atoms with van der Waals surface area (Å²) in [5.41, 5.74) is 2.15. The number of aliphatic carboxylic acids is 1. The topological polar surface area (TPSA) is 69.6 Å². The largest absolute Gasteiger partial charge is 0.480 e. The summed E-state index contributed by atoms with van der Waals surface area (Å²) in [7, 11) is 1.66. The van der Waals surface area contributed by atoms with Crippen LogP contribution >= 0.6 is 0 Å². The van der Waals surface area contributed by atoms with Crippen LogP contribution in [0.3, 0.4) is 0 Å². The molecule has 21 heavy (non-hydrogen) atoms. The highest BCUT2D eigenvalue weighted by molar-refractivity contribution is 5.82. The molecule has 0 saturated carbocycles. The number of rotatable bonds is 6. The minimum absolute atomic E-state index is 0.202. The summed E-state index contributed by atoms with van der Waals surface area (Å²) in [4.78, 5) is 24.7. The van der Waals surface area contributed by atoms with E-state index in [2.05, 4.69) is 5.32 Å². The van der Waals surface area contributed by atoms with E-state index in [-0.39, 0.29) is 11.9 Å². The minimum Gasteiger partial charge on any atom is -0.480 e. The number of nitrogens with zero attached hydrogens (tertiary/aromatic N) is 1. The number of benzene rings is 1. The van der Waals surface area contributed by atoms with Crippen LogP contribution in [0.4, 0.5) is 4.79 Å². The first-order valence-corrected chi connectivity index (χ1v) is 7.09. The van der Waals surface area contributed by atoms with Crippen LogP contribution in [0.15, 0.2) is 24.3 Å². The van der Waals surface area contributed by atoms with Crippen LogP contribution in [0.5, 0.6) is 0 Å². The Hall–Kier alpha value is -2.04. The smallest absolute Gasteiger partial charge is 0.326 e. The van der Waals surface area contributed by atoms with Crippen LogP contribution in [0, 0.1) is 12.8 Å². The molecule has 116 valence electrons. The lowest BCUT2D eigenvalue weighted by atomic mass is 10.0. The molecule has 0 bridgehead atoms. The molecule has 1 rings (SSSR count). The predicted octanol–water partition coefficient (Wildman–Crippen LogP) is 2.64. The highest BCUT2D eigenvalue weighted by Gasteiger charge is 2.22. The Morgan fingerprint density at radius 1 is 1.33 bits per heavy atom. The van der Waals surface area contributed by atoms with Crippen molar-refractivity contribution in [2.45, 2.75) is 39.8 Å². The molecule has 0 saturated heterocycles. The van der Waals surface area contributed by atoms with Crippen molar-refractivity contribution in [3.63, 3.8) is 0 Å². The van der Waals surface area contributed by atoms with Gasteiger partial charge in [0.15, 0.2) is 0 Å². The first kappa shape index (κ1) is 17.0. The number of carboxylic acid groups (broad SMARTS) is 1. The van der Waals surface area contributed by atoms with E-state index in [0.717, 1.165) is 11.1 Å². The van der Waals surface area contributed by atoms with Gasteiger partial charge in [0, 0.05) is 13.6 Å². The molecule has 1 atom stereocenters. The van der Waals surface area contributed by atoms with E-state index in [1.54, 1.807) is 7.05 Å². The molecule has 5 heteroatoms. The third-order valence-electron chi connectivity index (χ3n) is 3.15. The van der Waals surface area contributed by atoms with Crippen molar-refractivity contribution >= 4 is 12.0 Å². The molecule has 0 unspecified atom stereocenters. The van der Waals surface area contributed by atoms with Gasteiger partial charge < -0.3 is 15.3 Å². The van der Waals surface area contributed by atoms with Crippen molar-refractivity contribution in [3.8, 4) is 0 Å². The first-order valence-electron chi connectivity index (χ1n) is 7.09. The second-order valence-electron chi connectivity index (χ2n) is 5.81. The van der Waals surface area contributed by atoms with Gasteiger partial charge in [0.1, 0.15) is 6.04 Å². The first-order chi connectivity index (χ1) is 9.79. The molecule has 1 aromatic carbocycles. The van der Waals surface area contributed by atoms with Crippen LogP contribution in [0.25, 0.3) is 0 Å². The monoisotopic (exact) mass is 292 g/mol.